The van der Waals surface area contributed by atoms with Gasteiger partial charge in [-0.1, -0.05) is 35.3 Å². The van der Waals surface area contributed by atoms with Gasteiger partial charge in [0.2, 0.25) is 0 Å². The maximum absolute atomic E-state index is 13.1. The topological polar surface area (TPSA) is 97.0 Å². The lowest BCUT2D eigenvalue weighted by molar-refractivity contribution is -0.120. The van der Waals surface area contributed by atoms with E-state index in [2.05, 4.69) is 10.6 Å². The first-order valence-corrected chi connectivity index (χ1v) is 11.0. The number of nitrogens with zero attached hydrogens (tertiary/aromatic N) is 1. The van der Waals surface area contributed by atoms with E-state index >= 15 is 0 Å². The quantitative estimate of drug-likeness (QED) is 0.431. The molecule has 0 saturated heterocycles. The van der Waals surface area contributed by atoms with Crippen molar-refractivity contribution in [3.63, 3.8) is 0 Å². The molecule has 0 bridgehead atoms. The number of rotatable bonds is 7. The molecule has 3 aromatic carbocycles. The summed E-state index contributed by atoms with van der Waals surface area (Å²) in [6, 6.07) is 17.9. The summed E-state index contributed by atoms with van der Waals surface area (Å²) in [6.07, 6.45) is 0. The first kappa shape index (κ1) is 24.1. The average molecular weight is 512 g/mol. The molecule has 178 valence electrons. The minimum atomic E-state index is -0.707. The van der Waals surface area contributed by atoms with E-state index in [4.69, 9.17) is 32.7 Å². The molecular formula is C25H19Cl2N3O5. The zero-order chi connectivity index (χ0) is 25.1. The van der Waals surface area contributed by atoms with E-state index in [1.165, 1.54) is 20.3 Å². The Morgan fingerprint density at radius 2 is 1.60 bits per heavy atom. The second kappa shape index (κ2) is 10.1. The van der Waals surface area contributed by atoms with Crippen LogP contribution in [0.25, 0.3) is 0 Å². The molecule has 10 heteroatoms. The van der Waals surface area contributed by atoms with Gasteiger partial charge in [0.25, 0.3) is 17.7 Å². The second-order valence-electron chi connectivity index (χ2n) is 7.31. The third kappa shape index (κ3) is 4.80. The summed E-state index contributed by atoms with van der Waals surface area (Å²) in [4.78, 5) is 39.4. The van der Waals surface area contributed by atoms with Crippen molar-refractivity contribution in [3.05, 3.63) is 88.0 Å². The van der Waals surface area contributed by atoms with Crippen LogP contribution < -0.4 is 25.0 Å². The molecule has 0 saturated carbocycles. The molecule has 8 nitrogen and oxygen atoms in total. The fraction of sp³-hybridized carbons (Fsp3) is 0.0800. The van der Waals surface area contributed by atoms with Crippen molar-refractivity contribution >= 4 is 58.0 Å². The zero-order valence-corrected chi connectivity index (χ0v) is 20.1. The highest BCUT2D eigenvalue weighted by Crippen LogP contribution is 2.38. The summed E-state index contributed by atoms with van der Waals surface area (Å²) in [6.45, 7) is 0. The molecule has 0 unspecified atom stereocenters. The molecule has 0 radical (unpaired) electrons. The monoisotopic (exact) mass is 511 g/mol. The summed E-state index contributed by atoms with van der Waals surface area (Å²) in [7, 11) is 2.89. The van der Waals surface area contributed by atoms with Gasteiger partial charge in [-0.2, -0.15) is 0 Å². The molecule has 1 aliphatic rings. The summed E-state index contributed by atoms with van der Waals surface area (Å²) in [5, 5.41) is 5.75. The van der Waals surface area contributed by atoms with Gasteiger partial charge in [0.15, 0.2) is 0 Å². The fourth-order valence-corrected chi connectivity index (χ4v) is 3.80. The largest absolute Gasteiger partial charge is 0.497 e. The van der Waals surface area contributed by atoms with Crippen molar-refractivity contribution in [1.29, 1.82) is 0 Å². The summed E-state index contributed by atoms with van der Waals surface area (Å²) in [5.74, 6) is -0.990. The van der Waals surface area contributed by atoms with Crippen LogP contribution in [0.3, 0.4) is 0 Å². The van der Waals surface area contributed by atoms with Crippen LogP contribution in [0.4, 0.5) is 17.1 Å². The van der Waals surface area contributed by atoms with E-state index in [-0.39, 0.29) is 22.3 Å². The Hall–Kier alpha value is -4.01. The van der Waals surface area contributed by atoms with E-state index in [0.29, 0.717) is 33.5 Å². The predicted octanol–water partition coefficient (Wildman–Crippen LogP) is 5.05. The van der Waals surface area contributed by atoms with Crippen LogP contribution in [-0.2, 0) is 9.59 Å². The third-order valence-electron chi connectivity index (χ3n) is 5.19. The van der Waals surface area contributed by atoms with E-state index in [0.717, 1.165) is 4.90 Å². The van der Waals surface area contributed by atoms with Crippen molar-refractivity contribution in [2.24, 2.45) is 0 Å². The van der Waals surface area contributed by atoms with Crippen LogP contribution in [0, 0.1) is 0 Å². The highest BCUT2D eigenvalue weighted by atomic mass is 35.5. The van der Waals surface area contributed by atoms with Gasteiger partial charge in [-0.25, -0.2) is 4.90 Å². The molecule has 1 heterocycles. The fourth-order valence-electron chi connectivity index (χ4n) is 3.41. The van der Waals surface area contributed by atoms with Crippen LogP contribution in [0.5, 0.6) is 11.5 Å². The second-order valence-corrected chi connectivity index (χ2v) is 8.09. The van der Waals surface area contributed by atoms with Gasteiger partial charge < -0.3 is 20.1 Å². The van der Waals surface area contributed by atoms with Gasteiger partial charge in [0, 0.05) is 17.3 Å². The van der Waals surface area contributed by atoms with Gasteiger partial charge in [-0.15, -0.1) is 0 Å². The Kier molecular flexibility index (Phi) is 6.95. The van der Waals surface area contributed by atoms with Crippen molar-refractivity contribution in [1.82, 2.24) is 0 Å². The third-order valence-corrected chi connectivity index (χ3v) is 5.87. The van der Waals surface area contributed by atoms with Crippen LogP contribution in [0.1, 0.15) is 10.4 Å². The Bertz CT molecular complexity index is 1360. The lowest BCUT2D eigenvalue weighted by Crippen LogP contribution is -2.32. The number of hydrogen-bond donors (Lipinski definition) is 2. The van der Waals surface area contributed by atoms with Crippen LogP contribution in [-0.4, -0.2) is 31.9 Å². The van der Waals surface area contributed by atoms with Crippen molar-refractivity contribution in [3.8, 4) is 11.5 Å². The molecule has 3 aromatic rings. The first-order chi connectivity index (χ1) is 16.8. The number of nitrogens with one attached hydrogen (secondary N) is 2. The number of benzene rings is 3. The molecule has 0 aliphatic carbocycles. The number of ether oxygens (including phenoxy) is 2. The molecule has 1 aliphatic heterocycles. The number of hydrogen-bond acceptors (Lipinski definition) is 6. The molecule has 0 atom stereocenters. The van der Waals surface area contributed by atoms with E-state index in [1.807, 2.05) is 0 Å². The first-order valence-electron chi connectivity index (χ1n) is 10.3. The predicted molar refractivity (Wildman–Crippen MR) is 134 cm³/mol. The van der Waals surface area contributed by atoms with E-state index < -0.39 is 11.8 Å². The number of methoxy groups -OCH3 is 2. The smallest absolute Gasteiger partial charge is 0.283 e. The maximum atomic E-state index is 13.1. The summed E-state index contributed by atoms with van der Waals surface area (Å²) >= 11 is 12.3. The minimum absolute atomic E-state index is 0.102. The Morgan fingerprint density at radius 3 is 2.26 bits per heavy atom. The molecular weight excluding hydrogens is 493 g/mol. The SMILES string of the molecule is COc1ccc(OC)c(N2C(=O)C(Cl)=C(Nc3ccc(C(=O)Nc4ccccc4Cl)cc3)C2=O)c1. The normalized spacial score (nSPS) is 13.2. The van der Waals surface area contributed by atoms with E-state index in [1.54, 1.807) is 60.7 Å². The molecule has 0 aromatic heterocycles. The number of carbonyl (C=O) groups is 3. The molecule has 0 fully saturated rings. The molecule has 3 amide bonds. The number of para-hydroxylation sites is 1. The van der Waals surface area contributed by atoms with Crippen LogP contribution >= 0.6 is 23.2 Å². The van der Waals surface area contributed by atoms with Crippen LogP contribution in [0.15, 0.2) is 77.5 Å². The average Bonchev–Trinajstić information content (AvgIpc) is 3.08. The molecule has 4 rings (SSSR count). The Morgan fingerprint density at radius 1 is 0.886 bits per heavy atom. The van der Waals surface area contributed by atoms with E-state index in [9.17, 15) is 14.4 Å². The van der Waals surface area contributed by atoms with Crippen molar-refractivity contribution in [2.75, 3.05) is 29.8 Å². The molecule has 2 N–H and O–H groups in total. The number of imide groups is 1. The standard InChI is InChI=1S/C25H19Cl2N3O5/c1-34-16-11-12-20(35-2)19(13-16)30-24(32)21(27)22(25(30)33)28-15-9-7-14(8-10-15)23(31)29-18-6-4-3-5-17(18)26/h3-13,28H,1-2H3,(H,29,31). The number of anilines is 3. The Balaban J connectivity index is 1.53. The highest BCUT2D eigenvalue weighted by molar-refractivity contribution is 6.53. The summed E-state index contributed by atoms with van der Waals surface area (Å²) in [5.41, 5.74) is 1.40. The molecule has 0 spiro atoms. The van der Waals surface area contributed by atoms with Gasteiger partial charge in [0.05, 0.1) is 30.6 Å². The van der Waals surface area contributed by atoms with Crippen molar-refractivity contribution in [2.45, 2.75) is 0 Å². The number of amides is 3. The number of halogens is 2. The van der Waals surface area contributed by atoms with Gasteiger partial charge in [0.1, 0.15) is 22.2 Å². The van der Waals surface area contributed by atoms with Crippen molar-refractivity contribution < 1.29 is 23.9 Å². The van der Waals surface area contributed by atoms with Gasteiger partial charge in [-0.3, -0.25) is 14.4 Å². The van der Waals surface area contributed by atoms with Crippen LogP contribution in [0.2, 0.25) is 5.02 Å². The zero-order valence-electron chi connectivity index (χ0n) is 18.6. The lowest BCUT2D eigenvalue weighted by atomic mass is 10.2. The Labute approximate surface area is 211 Å². The highest BCUT2D eigenvalue weighted by Gasteiger charge is 2.40. The maximum Gasteiger partial charge on any atom is 0.283 e. The van der Waals surface area contributed by atoms with Gasteiger partial charge in [-0.05, 0) is 48.5 Å². The minimum Gasteiger partial charge on any atom is -0.497 e. The summed E-state index contributed by atoms with van der Waals surface area (Å²) < 4.78 is 10.5. The molecule has 35 heavy (non-hydrogen) atoms. The lowest BCUT2D eigenvalue weighted by Gasteiger charge is -2.19. The number of carbonyl (C=O) groups excluding carboxylic acids is 3. The van der Waals surface area contributed by atoms with Gasteiger partial charge >= 0.3 is 0 Å².